The molecule has 0 aliphatic carbocycles. The molecule has 5 nitrogen and oxygen atoms in total. The van der Waals surface area contributed by atoms with Crippen molar-refractivity contribution >= 4 is 44.9 Å². The smallest absolute Gasteiger partial charge is 0.139 e. The highest BCUT2D eigenvalue weighted by molar-refractivity contribution is 6.30. The summed E-state index contributed by atoms with van der Waals surface area (Å²) in [6.45, 7) is 0. The summed E-state index contributed by atoms with van der Waals surface area (Å²) >= 11 is 6.08. The van der Waals surface area contributed by atoms with E-state index in [1.54, 1.807) is 43.0 Å². The first-order valence-electron chi connectivity index (χ1n) is 8.86. The third-order valence-corrected chi connectivity index (χ3v) is 4.82. The molecule has 0 radical (unpaired) electrons. The van der Waals surface area contributed by atoms with Gasteiger partial charge >= 0.3 is 0 Å². The lowest BCUT2D eigenvalue weighted by molar-refractivity contribution is 0.631. The predicted molar refractivity (Wildman–Crippen MR) is 113 cm³/mol. The Labute approximate surface area is 170 Å². The van der Waals surface area contributed by atoms with E-state index in [-0.39, 0.29) is 0 Å². The van der Waals surface area contributed by atoms with Crippen LogP contribution in [0.2, 0.25) is 5.02 Å². The van der Waals surface area contributed by atoms with Gasteiger partial charge in [0.15, 0.2) is 0 Å². The molecule has 0 atom stereocenters. The summed E-state index contributed by atoms with van der Waals surface area (Å²) in [5.41, 5.74) is 2.71. The number of pyridine rings is 4. The highest BCUT2D eigenvalue weighted by atomic mass is 35.5. The van der Waals surface area contributed by atoms with Crippen LogP contribution in [0.1, 0.15) is 0 Å². The number of anilines is 2. The van der Waals surface area contributed by atoms with Crippen molar-refractivity contribution in [1.29, 1.82) is 0 Å². The molecule has 0 fully saturated rings. The van der Waals surface area contributed by atoms with E-state index in [2.05, 4.69) is 25.3 Å². The Kier molecular flexibility index (Phi) is 4.26. The zero-order chi connectivity index (χ0) is 19.8. The Morgan fingerprint density at radius 3 is 2.76 bits per heavy atom. The fraction of sp³-hybridized carbons (Fsp3) is 0. The van der Waals surface area contributed by atoms with Crippen molar-refractivity contribution in [3.8, 4) is 11.3 Å². The van der Waals surface area contributed by atoms with E-state index in [1.807, 2.05) is 18.2 Å². The monoisotopic (exact) mass is 401 g/mol. The molecule has 0 aliphatic heterocycles. The van der Waals surface area contributed by atoms with Crippen LogP contribution in [0.25, 0.3) is 33.1 Å². The standard InChI is InChI=1S/C22H13ClFN5/c23-14-3-4-17(24)15(10-14)19-11-20(21-18(28-19)2-1-7-26-21)29-22-16-12-25-8-5-13(16)6-9-27-22/h1-12H,(H,27,28,29). The number of nitrogens with one attached hydrogen (secondary N) is 1. The normalized spacial score (nSPS) is 11.1. The maximum absolute atomic E-state index is 14.5. The Morgan fingerprint density at radius 2 is 1.83 bits per heavy atom. The van der Waals surface area contributed by atoms with Crippen molar-refractivity contribution in [2.45, 2.75) is 0 Å². The average molecular weight is 402 g/mol. The van der Waals surface area contributed by atoms with E-state index in [1.165, 1.54) is 12.1 Å². The van der Waals surface area contributed by atoms with Gasteiger partial charge in [-0.05, 0) is 53.9 Å². The minimum Gasteiger partial charge on any atom is -0.338 e. The summed E-state index contributed by atoms with van der Waals surface area (Å²) in [4.78, 5) is 17.7. The number of fused-ring (bicyclic) bond motifs is 2. The molecule has 5 aromatic rings. The van der Waals surface area contributed by atoms with Crippen LogP contribution in [0.3, 0.4) is 0 Å². The van der Waals surface area contributed by atoms with Crippen LogP contribution in [0.5, 0.6) is 0 Å². The molecule has 7 heteroatoms. The highest BCUT2D eigenvalue weighted by Gasteiger charge is 2.14. The van der Waals surface area contributed by atoms with E-state index in [0.717, 1.165) is 10.8 Å². The Balaban J connectivity index is 1.71. The average Bonchev–Trinajstić information content (AvgIpc) is 2.75. The van der Waals surface area contributed by atoms with Crippen molar-refractivity contribution in [2.75, 3.05) is 5.32 Å². The lowest BCUT2D eigenvalue weighted by Crippen LogP contribution is -1.99. The van der Waals surface area contributed by atoms with Gasteiger partial charge in [-0.25, -0.2) is 14.4 Å². The zero-order valence-electron chi connectivity index (χ0n) is 15.0. The number of aromatic nitrogens is 4. The van der Waals surface area contributed by atoms with Crippen molar-refractivity contribution in [3.63, 3.8) is 0 Å². The Morgan fingerprint density at radius 1 is 0.931 bits per heavy atom. The van der Waals surface area contributed by atoms with Crippen molar-refractivity contribution in [1.82, 2.24) is 19.9 Å². The lowest BCUT2D eigenvalue weighted by Gasteiger charge is -2.13. The molecule has 0 amide bonds. The summed E-state index contributed by atoms with van der Waals surface area (Å²) in [6.07, 6.45) is 6.89. The van der Waals surface area contributed by atoms with Crippen LogP contribution in [0.15, 0.2) is 73.3 Å². The summed E-state index contributed by atoms with van der Waals surface area (Å²) in [5, 5.41) is 5.63. The van der Waals surface area contributed by atoms with E-state index in [4.69, 9.17) is 11.6 Å². The van der Waals surface area contributed by atoms with Crippen molar-refractivity contribution < 1.29 is 4.39 Å². The third-order valence-electron chi connectivity index (χ3n) is 4.59. The summed E-state index contributed by atoms with van der Waals surface area (Å²) in [6, 6.07) is 13.6. The van der Waals surface area contributed by atoms with Crippen LogP contribution < -0.4 is 5.32 Å². The molecule has 29 heavy (non-hydrogen) atoms. The van der Waals surface area contributed by atoms with Gasteiger partial charge in [-0.2, -0.15) is 0 Å². The fourth-order valence-electron chi connectivity index (χ4n) is 3.23. The molecule has 0 bridgehead atoms. The number of hydrogen-bond donors (Lipinski definition) is 1. The molecule has 5 rings (SSSR count). The van der Waals surface area contributed by atoms with E-state index >= 15 is 0 Å². The maximum Gasteiger partial charge on any atom is 0.139 e. The van der Waals surface area contributed by atoms with Gasteiger partial charge in [0.05, 0.1) is 16.9 Å². The van der Waals surface area contributed by atoms with Crippen LogP contribution in [0, 0.1) is 5.82 Å². The summed E-state index contributed by atoms with van der Waals surface area (Å²) in [5.74, 6) is 0.231. The first-order chi connectivity index (χ1) is 14.2. The minimum absolute atomic E-state index is 0.318. The zero-order valence-corrected chi connectivity index (χ0v) is 15.7. The largest absolute Gasteiger partial charge is 0.338 e. The second-order valence-corrected chi connectivity index (χ2v) is 6.87. The number of hydrogen-bond acceptors (Lipinski definition) is 5. The SMILES string of the molecule is Fc1ccc(Cl)cc1-c1cc(Nc2nccc3ccncc23)c2ncccc2n1. The molecular formula is C22H13ClFN5. The first-order valence-corrected chi connectivity index (χ1v) is 9.24. The van der Waals surface area contributed by atoms with Crippen molar-refractivity contribution in [3.05, 3.63) is 84.2 Å². The lowest BCUT2D eigenvalue weighted by atomic mass is 10.1. The van der Waals surface area contributed by atoms with Gasteiger partial charge in [0.1, 0.15) is 17.2 Å². The van der Waals surface area contributed by atoms with Crippen LogP contribution in [-0.4, -0.2) is 19.9 Å². The second kappa shape index (κ2) is 7.07. The minimum atomic E-state index is -0.399. The van der Waals surface area contributed by atoms with Crippen LogP contribution in [0.4, 0.5) is 15.9 Å². The van der Waals surface area contributed by atoms with Crippen molar-refractivity contribution in [2.24, 2.45) is 0 Å². The molecular weight excluding hydrogens is 389 g/mol. The number of halogens is 2. The van der Waals surface area contributed by atoms with Crippen LogP contribution >= 0.6 is 11.6 Å². The first kappa shape index (κ1) is 17.5. The maximum atomic E-state index is 14.5. The van der Waals surface area contributed by atoms with E-state index in [0.29, 0.717) is 38.8 Å². The fourth-order valence-corrected chi connectivity index (χ4v) is 3.40. The highest BCUT2D eigenvalue weighted by Crippen LogP contribution is 2.32. The van der Waals surface area contributed by atoms with Gasteiger partial charge in [-0.1, -0.05) is 11.6 Å². The van der Waals surface area contributed by atoms with Gasteiger partial charge in [0, 0.05) is 40.8 Å². The van der Waals surface area contributed by atoms with Gasteiger partial charge in [-0.3, -0.25) is 9.97 Å². The number of benzene rings is 1. The van der Waals surface area contributed by atoms with E-state index < -0.39 is 5.82 Å². The molecule has 1 aromatic carbocycles. The second-order valence-electron chi connectivity index (χ2n) is 6.43. The molecule has 0 aliphatic rings. The molecule has 0 saturated carbocycles. The third kappa shape index (κ3) is 3.23. The predicted octanol–water partition coefficient (Wildman–Crippen LogP) is 5.78. The van der Waals surface area contributed by atoms with Gasteiger partial charge in [-0.15, -0.1) is 0 Å². The molecule has 4 heterocycles. The molecule has 0 unspecified atom stereocenters. The van der Waals surface area contributed by atoms with Gasteiger partial charge in [0.2, 0.25) is 0 Å². The summed E-state index contributed by atoms with van der Waals surface area (Å²) in [7, 11) is 0. The quantitative estimate of drug-likeness (QED) is 0.415. The number of rotatable bonds is 3. The van der Waals surface area contributed by atoms with E-state index in [9.17, 15) is 4.39 Å². The van der Waals surface area contributed by atoms with Crippen LogP contribution in [-0.2, 0) is 0 Å². The molecule has 4 aromatic heterocycles. The molecule has 0 spiro atoms. The van der Waals surface area contributed by atoms with Gasteiger partial charge in [0.25, 0.3) is 0 Å². The summed E-state index contributed by atoms with van der Waals surface area (Å²) < 4.78 is 14.5. The molecule has 140 valence electrons. The Bertz CT molecular complexity index is 1370. The molecule has 1 N–H and O–H groups in total. The topological polar surface area (TPSA) is 63.6 Å². The van der Waals surface area contributed by atoms with Gasteiger partial charge < -0.3 is 5.32 Å². The Hall–Kier alpha value is -3.64. The number of nitrogens with zero attached hydrogens (tertiary/aromatic N) is 4. The molecule has 0 saturated heterocycles.